The molecule has 4 nitrogen and oxygen atoms in total. The largest absolute Gasteiger partial charge is 0.494 e. The predicted octanol–water partition coefficient (Wildman–Crippen LogP) is 0.232. The van der Waals surface area contributed by atoms with E-state index in [4.69, 9.17) is 10.5 Å². The van der Waals surface area contributed by atoms with Gasteiger partial charge in [-0.05, 0) is 6.07 Å². The Kier molecular flexibility index (Phi) is 2.76. The number of ketones is 1. The predicted molar refractivity (Wildman–Crippen MR) is 44.2 cm³/mol. The molecule has 1 heterocycles. The molecule has 1 rings (SSSR count). The van der Waals surface area contributed by atoms with Crippen LogP contribution in [0.3, 0.4) is 0 Å². The van der Waals surface area contributed by atoms with Crippen molar-refractivity contribution in [3.05, 3.63) is 24.0 Å². The van der Waals surface area contributed by atoms with Gasteiger partial charge in [0.05, 0.1) is 25.4 Å². The van der Waals surface area contributed by atoms with Gasteiger partial charge in [0.25, 0.3) is 0 Å². The molecule has 0 aliphatic carbocycles. The molecule has 12 heavy (non-hydrogen) atoms. The Balaban J connectivity index is 3.04. The SMILES string of the molecule is COc1cnccc1C(=O)CN. The van der Waals surface area contributed by atoms with Gasteiger partial charge in [0, 0.05) is 6.20 Å². The Morgan fingerprint density at radius 3 is 3.08 bits per heavy atom. The molecule has 0 saturated carbocycles. The summed E-state index contributed by atoms with van der Waals surface area (Å²) < 4.78 is 4.93. The molecule has 0 spiro atoms. The van der Waals surface area contributed by atoms with Crippen LogP contribution in [0, 0.1) is 0 Å². The van der Waals surface area contributed by atoms with Crippen LogP contribution in [-0.2, 0) is 0 Å². The maximum absolute atomic E-state index is 11.2. The van der Waals surface area contributed by atoms with Crippen LogP contribution < -0.4 is 10.5 Å². The van der Waals surface area contributed by atoms with Crippen molar-refractivity contribution >= 4 is 5.78 Å². The highest BCUT2D eigenvalue weighted by Gasteiger charge is 2.08. The first-order valence-corrected chi connectivity index (χ1v) is 3.51. The first-order valence-electron chi connectivity index (χ1n) is 3.51. The molecule has 0 amide bonds. The van der Waals surface area contributed by atoms with Gasteiger partial charge in [0.1, 0.15) is 5.75 Å². The zero-order chi connectivity index (χ0) is 8.97. The lowest BCUT2D eigenvalue weighted by Crippen LogP contribution is -2.14. The van der Waals surface area contributed by atoms with Crippen LogP contribution in [0.15, 0.2) is 18.5 Å². The fraction of sp³-hybridized carbons (Fsp3) is 0.250. The molecule has 0 unspecified atom stereocenters. The first kappa shape index (κ1) is 8.67. The molecular weight excluding hydrogens is 156 g/mol. The average molecular weight is 166 g/mol. The first-order chi connectivity index (χ1) is 5.79. The number of rotatable bonds is 3. The summed E-state index contributed by atoms with van der Waals surface area (Å²) in [4.78, 5) is 15.0. The van der Waals surface area contributed by atoms with E-state index in [2.05, 4.69) is 4.98 Å². The smallest absolute Gasteiger partial charge is 0.180 e. The molecule has 0 fully saturated rings. The average Bonchev–Trinajstić information content (AvgIpc) is 2.16. The number of aromatic nitrogens is 1. The molecule has 0 bridgehead atoms. The zero-order valence-electron chi connectivity index (χ0n) is 6.78. The van der Waals surface area contributed by atoms with Crippen LogP contribution in [-0.4, -0.2) is 24.4 Å². The molecule has 2 N–H and O–H groups in total. The van der Waals surface area contributed by atoms with Gasteiger partial charge in [-0.15, -0.1) is 0 Å². The van der Waals surface area contributed by atoms with Gasteiger partial charge >= 0.3 is 0 Å². The van der Waals surface area contributed by atoms with Crippen LogP contribution in [0.25, 0.3) is 0 Å². The maximum atomic E-state index is 11.2. The molecule has 0 atom stereocenters. The lowest BCUT2D eigenvalue weighted by Gasteiger charge is -2.03. The highest BCUT2D eigenvalue weighted by atomic mass is 16.5. The Labute approximate surface area is 70.4 Å². The number of nitrogens with two attached hydrogens (primary N) is 1. The second-order valence-electron chi connectivity index (χ2n) is 2.20. The van der Waals surface area contributed by atoms with Crippen molar-refractivity contribution in [2.24, 2.45) is 5.73 Å². The van der Waals surface area contributed by atoms with Crippen LogP contribution in [0.4, 0.5) is 0 Å². The van der Waals surface area contributed by atoms with E-state index in [9.17, 15) is 4.79 Å². The van der Waals surface area contributed by atoms with E-state index in [1.165, 1.54) is 19.5 Å². The van der Waals surface area contributed by atoms with Gasteiger partial charge in [-0.25, -0.2) is 0 Å². The second-order valence-corrected chi connectivity index (χ2v) is 2.20. The van der Waals surface area contributed by atoms with Crippen molar-refractivity contribution in [3.8, 4) is 5.75 Å². The summed E-state index contributed by atoms with van der Waals surface area (Å²) in [6, 6.07) is 1.59. The van der Waals surface area contributed by atoms with Gasteiger partial charge < -0.3 is 10.5 Å². The van der Waals surface area contributed by atoms with Crippen molar-refractivity contribution < 1.29 is 9.53 Å². The number of carbonyl (C=O) groups is 1. The lowest BCUT2D eigenvalue weighted by atomic mass is 10.1. The number of hydrogen-bond acceptors (Lipinski definition) is 4. The van der Waals surface area contributed by atoms with Crippen LogP contribution in [0.5, 0.6) is 5.75 Å². The number of ether oxygens (including phenoxy) is 1. The van der Waals surface area contributed by atoms with E-state index in [1.807, 2.05) is 0 Å². The van der Waals surface area contributed by atoms with Crippen molar-refractivity contribution in [1.29, 1.82) is 0 Å². The van der Waals surface area contributed by atoms with E-state index in [1.54, 1.807) is 6.07 Å². The summed E-state index contributed by atoms with van der Waals surface area (Å²) in [5.41, 5.74) is 5.68. The fourth-order valence-electron chi connectivity index (χ4n) is 0.883. The third-order valence-electron chi connectivity index (χ3n) is 1.49. The molecule has 1 aromatic rings. The molecule has 0 aromatic carbocycles. The molecule has 0 radical (unpaired) electrons. The van der Waals surface area contributed by atoms with Gasteiger partial charge in [-0.3, -0.25) is 9.78 Å². The molecule has 0 saturated heterocycles. The van der Waals surface area contributed by atoms with Gasteiger partial charge in [0.2, 0.25) is 0 Å². The fourth-order valence-corrected chi connectivity index (χ4v) is 0.883. The van der Waals surface area contributed by atoms with Gasteiger partial charge in [0.15, 0.2) is 5.78 Å². The van der Waals surface area contributed by atoms with E-state index in [0.29, 0.717) is 11.3 Å². The summed E-state index contributed by atoms with van der Waals surface area (Å²) in [5, 5.41) is 0. The minimum Gasteiger partial charge on any atom is -0.494 e. The van der Waals surface area contributed by atoms with Crippen molar-refractivity contribution in [2.45, 2.75) is 0 Å². The highest BCUT2D eigenvalue weighted by molar-refractivity contribution is 5.99. The van der Waals surface area contributed by atoms with Crippen LogP contribution >= 0.6 is 0 Å². The summed E-state index contributed by atoms with van der Waals surface area (Å²) in [6.07, 6.45) is 3.02. The topological polar surface area (TPSA) is 65.2 Å². The highest BCUT2D eigenvalue weighted by Crippen LogP contribution is 2.15. The van der Waals surface area contributed by atoms with E-state index in [-0.39, 0.29) is 12.3 Å². The van der Waals surface area contributed by atoms with Crippen LogP contribution in [0.2, 0.25) is 0 Å². The lowest BCUT2D eigenvalue weighted by molar-refractivity contribution is 0.0998. The van der Waals surface area contributed by atoms with Crippen molar-refractivity contribution in [2.75, 3.05) is 13.7 Å². The number of hydrogen-bond donors (Lipinski definition) is 1. The Morgan fingerprint density at radius 2 is 2.50 bits per heavy atom. The summed E-state index contributed by atoms with van der Waals surface area (Å²) in [7, 11) is 1.49. The quantitative estimate of drug-likeness (QED) is 0.653. The Morgan fingerprint density at radius 1 is 1.75 bits per heavy atom. The van der Waals surface area contributed by atoms with Crippen molar-refractivity contribution in [3.63, 3.8) is 0 Å². The van der Waals surface area contributed by atoms with Gasteiger partial charge in [-0.2, -0.15) is 0 Å². The minimum atomic E-state index is -0.144. The van der Waals surface area contributed by atoms with E-state index in [0.717, 1.165) is 0 Å². The molecule has 4 heteroatoms. The molecule has 1 aromatic heterocycles. The molecule has 64 valence electrons. The number of carbonyl (C=O) groups excluding carboxylic acids is 1. The minimum absolute atomic E-state index is 0.0135. The number of Topliss-reactive ketones (excluding diaryl/α,β-unsaturated/α-hetero) is 1. The number of methoxy groups -OCH3 is 1. The van der Waals surface area contributed by atoms with E-state index < -0.39 is 0 Å². The third-order valence-corrected chi connectivity index (χ3v) is 1.49. The zero-order valence-corrected chi connectivity index (χ0v) is 6.78. The second kappa shape index (κ2) is 3.82. The standard InChI is InChI=1S/C8H10N2O2/c1-12-8-5-10-3-2-6(8)7(11)4-9/h2-3,5H,4,9H2,1H3. The molecular formula is C8H10N2O2. The summed E-state index contributed by atoms with van der Waals surface area (Å²) in [5.74, 6) is 0.321. The Hall–Kier alpha value is -1.42. The Bertz CT molecular complexity index is 286. The maximum Gasteiger partial charge on any atom is 0.180 e. The van der Waals surface area contributed by atoms with E-state index >= 15 is 0 Å². The van der Waals surface area contributed by atoms with Gasteiger partial charge in [-0.1, -0.05) is 0 Å². The summed E-state index contributed by atoms with van der Waals surface area (Å²) >= 11 is 0. The molecule has 0 aliphatic heterocycles. The third kappa shape index (κ3) is 1.60. The van der Waals surface area contributed by atoms with Crippen molar-refractivity contribution in [1.82, 2.24) is 4.98 Å². The summed E-state index contributed by atoms with van der Waals surface area (Å²) in [6.45, 7) is -0.0135. The molecule has 0 aliphatic rings. The van der Waals surface area contributed by atoms with Crippen LogP contribution in [0.1, 0.15) is 10.4 Å². The number of pyridine rings is 1. The normalized spacial score (nSPS) is 9.50. The monoisotopic (exact) mass is 166 g/mol. The number of nitrogens with zero attached hydrogens (tertiary/aromatic N) is 1.